The number of ether oxygens (including phenoxy) is 1. The van der Waals surface area contributed by atoms with Crippen LogP contribution in [0, 0.1) is 6.92 Å². The van der Waals surface area contributed by atoms with Gasteiger partial charge < -0.3 is 10.1 Å². The first-order chi connectivity index (χ1) is 11.3. The van der Waals surface area contributed by atoms with Crippen molar-refractivity contribution in [2.24, 2.45) is 0 Å². The summed E-state index contributed by atoms with van der Waals surface area (Å²) in [6.07, 6.45) is 1.81. The van der Waals surface area contributed by atoms with Crippen LogP contribution in [0.15, 0.2) is 72.9 Å². The minimum Gasteiger partial charge on any atom is -0.497 e. The molecule has 0 bridgehead atoms. The maximum atomic E-state index is 5.26. The third kappa shape index (κ3) is 3.51. The summed E-state index contributed by atoms with van der Waals surface area (Å²) in [6.45, 7) is 2.06. The van der Waals surface area contributed by atoms with E-state index in [-0.39, 0.29) is 6.04 Å². The van der Waals surface area contributed by atoms with E-state index in [1.165, 1.54) is 11.1 Å². The van der Waals surface area contributed by atoms with Gasteiger partial charge in [-0.05, 0) is 41.8 Å². The highest BCUT2D eigenvalue weighted by molar-refractivity contribution is 5.49. The molecule has 0 aliphatic heterocycles. The fraction of sp³-hybridized carbons (Fsp3) is 0.150. The molecule has 2 aromatic carbocycles. The first-order valence-electron chi connectivity index (χ1n) is 7.65. The summed E-state index contributed by atoms with van der Waals surface area (Å²) in [5, 5.41) is 3.57. The molecule has 3 rings (SSSR count). The van der Waals surface area contributed by atoms with Crippen LogP contribution in [0.4, 0.5) is 5.82 Å². The van der Waals surface area contributed by atoms with E-state index in [9.17, 15) is 0 Å². The zero-order valence-corrected chi connectivity index (χ0v) is 13.4. The van der Waals surface area contributed by atoms with E-state index < -0.39 is 0 Å². The first-order valence-corrected chi connectivity index (χ1v) is 7.65. The van der Waals surface area contributed by atoms with Gasteiger partial charge in [0.1, 0.15) is 11.6 Å². The van der Waals surface area contributed by atoms with Crippen molar-refractivity contribution in [1.82, 2.24) is 4.98 Å². The summed E-state index contributed by atoms with van der Waals surface area (Å²) >= 11 is 0. The minimum absolute atomic E-state index is 0.0377. The van der Waals surface area contributed by atoms with E-state index in [1.807, 2.05) is 30.5 Å². The zero-order chi connectivity index (χ0) is 16.1. The predicted octanol–water partition coefficient (Wildman–Crippen LogP) is 4.60. The highest BCUT2D eigenvalue weighted by Gasteiger charge is 2.15. The molecule has 0 saturated carbocycles. The number of pyridine rings is 1. The Morgan fingerprint density at radius 2 is 1.57 bits per heavy atom. The summed E-state index contributed by atoms with van der Waals surface area (Å²) in [5.74, 6) is 1.76. The predicted molar refractivity (Wildman–Crippen MR) is 93.9 cm³/mol. The Kier molecular flexibility index (Phi) is 4.57. The normalized spacial score (nSPS) is 11.7. The number of benzene rings is 2. The summed E-state index contributed by atoms with van der Waals surface area (Å²) in [6, 6.07) is 22.6. The van der Waals surface area contributed by atoms with Crippen molar-refractivity contribution in [3.63, 3.8) is 0 Å². The number of hydrogen-bond donors (Lipinski definition) is 1. The quantitative estimate of drug-likeness (QED) is 0.748. The monoisotopic (exact) mass is 304 g/mol. The maximum absolute atomic E-state index is 5.26. The molecule has 3 nitrogen and oxygen atoms in total. The number of aryl methyl sites for hydroxylation is 1. The Balaban J connectivity index is 1.98. The molecule has 1 aromatic heterocycles. The van der Waals surface area contributed by atoms with Crippen LogP contribution >= 0.6 is 0 Å². The van der Waals surface area contributed by atoms with E-state index in [0.717, 1.165) is 17.1 Å². The van der Waals surface area contributed by atoms with Gasteiger partial charge in [-0.25, -0.2) is 4.98 Å². The van der Waals surface area contributed by atoms with Crippen LogP contribution in [0.5, 0.6) is 5.75 Å². The van der Waals surface area contributed by atoms with E-state index in [0.29, 0.717) is 0 Å². The number of rotatable bonds is 5. The molecule has 0 aliphatic rings. The SMILES string of the molecule is COc1ccc(C(Nc2ncccc2C)c2ccccc2)cc1. The second kappa shape index (κ2) is 6.97. The van der Waals surface area contributed by atoms with E-state index >= 15 is 0 Å². The van der Waals surface area contributed by atoms with Gasteiger partial charge in [-0.1, -0.05) is 48.5 Å². The molecule has 0 aliphatic carbocycles. The lowest BCUT2D eigenvalue weighted by Gasteiger charge is -2.21. The average molecular weight is 304 g/mol. The van der Waals surface area contributed by atoms with Crippen LogP contribution < -0.4 is 10.1 Å². The van der Waals surface area contributed by atoms with Crippen molar-refractivity contribution in [1.29, 1.82) is 0 Å². The van der Waals surface area contributed by atoms with Gasteiger partial charge in [0.05, 0.1) is 13.2 Å². The van der Waals surface area contributed by atoms with E-state index in [2.05, 4.69) is 59.7 Å². The van der Waals surface area contributed by atoms with E-state index in [4.69, 9.17) is 4.74 Å². The Labute approximate surface area is 137 Å². The molecule has 1 unspecified atom stereocenters. The molecule has 3 aromatic rings. The molecule has 0 saturated heterocycles. The Hall–Kier alpha value is -2.81. The fourth-order valence-electron chi connectivity index (χ4n) is 2.57. The number of nitrogens with zero attached hydrogens (tertiary/aromatic N) is 1. The van der Waals surface area contributed by atoms with E-state index in [1.54, 1.807) is 7.11 Å². The zero-order valence-electron chi connectivity index (χ0n) is 13.4. The molecule has 0 amide bonds. The third-order valence-electron chi connectivity index (χ3n) is 3.87. The second-order valence-corrected chi connectivity index (χ2v) is 5.43. The summed E-state index contributed by atoms with van der Waals surface area (Å²) in [5.41, 5.74) is 3.49. The molecule has 0 radical (unpaired) electrons. The van der Waals surface area contributed by atoms with Gasteiger partial charge in [0.2, 0.25) is 0 Å². The van der Waals surface area contributed by atoms with Gasteiger partial charge in [-0.15, -0.1) is 0 Å². The van der Waals surface area contributed by atoms with Crippen molar-refractivity contribution in [2.45, 2.75) is 13.0 Å². The molecule has 3 heteroatoms. The number of aromatic nitrogens is 1. The Morgan fingerprint density at radius 1 is 0.870 bits per heavy atom. The van der Waals surface area contributed by atoms with Gasteiger partial charge in [-0.3, -0.25) is 0 Å². The lowest BCUT2D eigenvalue weighted by Crippen LogP contribution is -2.14. The van der Waals surface area contributed by atoms with Gasteiger partial charge >= 0.3 is 0 Å². The van der Waals surface area contributed by atoms with Gasteiger partial charge in [0.25, 0.3) is 0 Å². The molecular weight excluding hydrogens is 284 g/mol. The molecule has 0 fully saturated rings. The van der Waals surface area contributed by atoms with Crippen molar-refractivity contribution < 1.29 is 4.74 Å². The standard InChI is InChI=1S/C20H20N2O/c1-15-7-6-14-21-20(15)22-19(16-8-4-3-5-9-16)17-10-12-18(23-2)13-11-17/h3-14,19H,1-2H3,(H,21,22). The summed E-state index contributed by atoms with van der Waals surface area (Å²) in [7, 11) is 1.68. The minimum atomic E-state index is 0.0377. The lowest BCUT2D eigenvalue weighted by molar-refractivity contribution is 0.414. The molecule has 23 heavy (non-hydrogen) atoms. The van der Waals surface area contributed by atoms with Crippen molar-refractivity contribution in [3.05, 3.63) is 89.6 Å². The largest absolute Gasteiger partial charge is 0.497 e. The van der Waals surface area contributed by atoms with Gasteiger partial charge in [-0.2, -0.15) is 0 Å². The molecule has 116 valence electrons. The first kappa shape index (κ1) is 15.1. The average Bonchev–Trinajstić information content (AvgIpc) is 2.62. The van der Waals surface area contributed by atoms with Crippen molar-refractivity contribution in [2.75, 3.05) is 12.4 Å². The lowest BCUT2D eigenvalue weighted by atomic mass is 9.98. The van der Waals surface area contributed by atoms with Crippen LogP contribution in [0.2, 0.25) is 0 Å². The third-order valence-corrected chi connectivity index (χ3v) is 3.87. The highest BCUT2D eigenvalue weighted by Crippen LogP contribution is 2.28. The van der Waals surface area contributed by atoms with Crippen LogP contribution in [0.25, 0.3) is 0 Å². The maximum Gasteiger partial charge on any atom is 0.129 e. The van der Waals surface area contributed by atoms with Crippen LogP contribution in [0.1, 0.15) is 22.7 Å². The van der Waals surface area contributed by atoms with Crippen molar-refractivity contribution >= 4 is 5.82 Å². The number of hydrogen-bond acceptors (Lipinski definition) is 3. The molecule has 0 spiro atoms. The topological polar surface area (TPSA) is 34.1 Å². The van der Waals surface area contributed by atoms with Crippen LogP contribution in [0.3, 0.4) is 0 Å². The molecule has 1 N–H and O–H groups in total. The van der Waals surface area contributed by atoms with Crippen LogP contribution in [-0.4, -0.2) is 12.1 Å². The van der Waals surface area contributed by atoms with Crippen molar-refractivity contribution in [3.8, 4) is 5.75 Å². The fourth-order valence-corrected chi connectivity index (χ4v) is 2.57. The van der Waals surface area contributed by atoms with Crippen LogP contribution in [-0.2, 0) is 0 Å². The Morgan fingerprint density at radius 3 is 2.22 bits per heavy atom. The summed E-state index contributed by atoms with van der Waals surface area (Å²) in [4.78, 5) is 4.47. The molecule has 1 heterocycles. The molecular formula is C20H20N2O. The van der Waals surface area contributed by atoms with Gasteiger partial charge in [0.15, 0.2) is 0 Å². The smallest absolute Gasteiger partial charge is 0.129 e. The molecule has 1 atom stereocenters. The second-order valence-electron chi connectivity index (χ2n) is 5.43. The number of anilines is 1. The Bertz CT molecular complexity index is 754. The van der Waals surface area contributed by atoms with Gasteiger partial charge in [0, 0.05) is 6.20 Å². The number of nitrogens with one attached hydrogen (secondary N) is 1. The number of methoxy groups -OCH3 is 1. The summed E-state index contributed by atoms with van der Waals surface area (Å²) < 4.78 is 5.26. The highest BCUT2D eigenvalue weighted by atomic mass is 16.5.